The predicted molar refractivity (Wildman–Crippen MR) is 489 cm³/mol. The minimum absolute atomic E-state index is 0.0449. The number of ether oxygens (including phenoxy) is 12. The summed E-state index contributed by atoms with van der Waals surface area (Å²) < 4.78 is 92.2. The molecule has 0 aliphatic heterocycles. The average Bonchev–Trinajstić information content (AvgIpc) is 1.53. The highest BCUT2D eigenvalue weighted by Gasteiger charge is 2.32. The molecule has 0 N–H and O–H groups in total. The van der Waals surface area contributed by atoms with Crippen LogP contribution in [0.4, 0.5) is 0 Å². The van der Waals surface area contributed by atoms with Gasteiger partial charge >= 0.3 is 35.8 Å². The zero-order chi connectivity index (χ0) is 88.5. The summed E-state index contributed by atoms with van der Waals surface area (Å²) >= 11 is 0. The van der Waals surface area contributed by atoms with Crippen LogP contribution >= 0.6 is 0 Å². The lowest BCUT2D eigenvalue weighted by Crippen LogP contribution is -2.12. The van der Waals surface area contributed by atoms with Crippen molar-refractivity contribution in [2.45, 2.75) is 0 Å². The molecule has 630 valence electrons. The number of fused-ring (bicyclic) bond motifs is 12. The second kappa shape index (κ2) is 34.7. The standard InChI is InChI=1S/C108H72O21/c1-115-79-43-31-67(32-44-79)61-7-19-73(20-8-61)103(109)124-91-55-85-88(58-94(91)127-106(112)76-25-13-64(14-26-76)70-37-49-82(118-4)50-38-70)121-100-97(85)101-99(86-56-92(125-104(110)74-21-9-62(10-22-74)68-33-45-80(116-2)46-34-68)95(59-89(86)122-101)128-107(113)77-27-15-65(16-28-77)71-39-51-83(119-5)52-40-71)102-98(100)87-57-93(126-105(111)75-23-11-63(12-24-75)69-35-47-81(117-3)48-36-69)96(60-90(87)123-102)129-108(114)78-29-17-66(18-30-78)72-41-53-84(120-6)54-42-72/h7-60H,1-6H3. The van der Waals surface area contributed by atoms with Crippen LogP contribution in [-0.4, -0.2) is 78.5 Å². The van der Waals surface area contributed by atoms with Gasteiger partial charge in [-0.05, 0) is 231 Å². The molecule has 0 fully saturated rings. The fraction of sp³-hybridized carbons (Fsp3) is 0.0556. The molecule has 0 saturated heterocycles. The Morgan fingerprint density at radius 3 is 0.450 bits per heavy atom. The van der Waals surface area contributed by atoms with Crippen LogP contribution in [0.1, 0.15) is 62.1 Å². The zero-order valence-corrected chi connectivity index (χ0v) is 69.8. The van der Waals surface area contributed by atoms with E-state index in [-0.39, 0.29) is 134 Å². The van der Waals surface area contributed by atoms with Gasteiger partial charge in [0, 0.05) is 34.4 Å². The quantitative estimate of drug-likeness (QED) is 0.0402. The third-order valence-electron chi connectivity index (χ3n) is 22.4. The second-order valence-electron chi connectivity index (χ2n) is 30.0. The molecule has 129 heavy (non-hydrogen) atoms. The molecule has 0 unspecified atom stereocenters. The third-order valence-corrected chi connectivity index (χ3v) is 22.4. The van der Waals surface area contributed by atoms with Crippen LogP contribution in [0.15, 0.2) is 341 Å². The molecule has 0 radical (unpaired) electrons. The molecular weight excluding hydrogens is 1630 g/mol. The molecule has 21 heteroatoms. The molecule has 0 atom stereocenters. The van der Waals surface area contributed by atoms with E-state index >= 15 is 0 Å². The van der Waals surface area contributed by atoms with Gasteiger partial charge in [-0.15, -0.1) is 0 Å². The average molecular weight is 1710 g/mol. The first kappa shape index (κ1) is 81.2. The topological polar surface area (TPSA) is 253 Å². The van der Waals surface area contributed by atoms with Gasteiger partial charge in [0.2, 0.25) is 0 Å². The van der Waals surface area contributed by atoms with Gasteiger partial charge < -0.3 is 70.1 Å². The summed E-state index contributed by atoms with van der Waals surface area (Å²) in [5.41, 5.74) is 10.9. The summed E-state index contributed by atoms with van der Waals surface area (Å²) in [4.78, 5) is 89.3. The van der Waals surface area contributed by atoms with Gasteiger partial charge in [0.05, 0.1) is 92.2 Å². The normalized spacial score (nSPS) is 11.2. The first-order valence-corrected chi connectivity index (χ1v) is 40.6. The first-order valence-electron chi connectivity index (χ1n) is 40.6. The van der Waals surface area contributed by atoms with Crippen LogP contribution in [0.2, 0.25) is 0 Å². The van der Waals surface area contributed by atoms with Crippen molar-refractivity contribution in [3.8, 4) is 136 Å². The van der Waals surface area contributed by atoms with E-state index in [2.05, 4.69) is 0 Å². The van der Waals surface area contributed by atoms with Crippen molar-refractivity contribution in [2.75, 3.05) is 42.7 Å². The highest BCUT2D eigenvalue weighted by Crippen LogP contribution is 2.53. The fourth-order valence-corrected chi connectivity index (χ4v) is 15.4. The molecule has 16 aromatic carbocycles. The number of carbonyl (C=O) groups is 6. The van der Waals surface area contributed by atoms with E-state index in [1.165, 1.54) is 36.4 Å². The fourth-order valence-electron chi connectivity index (χ4n) is 15.4. The third kappa shape index (κ3) is 16.3. The smallest absolute Gasteiger partial charge is 0.343 e. The molecular formula is C108H72O21. The Hall–Kier alpha value is -17.5. The van der Waals surface area contributed by atoms with Crippen molar-refractivity contribution in [3.05, 3.63) is 361 Å². The van der Waals surface area contributed by atoms with Crippen LogP contribution in [0.25, 0.3) is 133 Å². The van der Waals surface area contributed by atoms with Crippen LogP contribution in [0.3, 0.4) is 0 Å². The Morgan fingerprint density at radius 2 is 0.310 bits per heavy atom. The number of benzene rings is 16. The lowest BCUT2D eigenvalue weighted by Gasteiger charge is -2.12. The summed E-state index contributed by atoms with van der Waals surface area (Å²) in [6.45, 7) is 0. The SMILES string of the molecule is COc1ccc(-c2ccc(C(=O)Oc3cc4oc5c(c4cc3OC(=O)c3ccc(-c4ccc(OC)cc4)cc3)c3oc4cc(OC(=O)c6ccc(-c7ccc(OC)cc7)cc6)c(OC(=O)c6ccc(-c7ccc(OC)cc7)cc6)cc4c3c3oc4cc(OC(=O)c6ccc(-c7ccc(OC)cc7)cc6)c(OC(=O)c6ccc(-c7ccc(OC)cc7)cc6)cc4c53)cc2)cc1. The van der Waals surface area contributed by atoms with Gasteiger partial charge in [-0.2, -0.15) is 0 Å². The van der Waals surface area contributed by atoms with Gasteiger partial charge in [-0.3, -0.25) is 0 Å². The van der Waals surface area contributed by atoms with Crippen LogP contribution < -0.4 is 56.8 Å². The van der Waals surface area contributed by atoms with Crippen molar-refractivity contribution in [2.24, 2.45) is 0 Å². The monoisotopic (exact) mass is 1700 g/mol. The second-order valence-corrected chi connectivity index (χ2v) is 30.0. The summed E-state index contributed by atoms with van der Waals surface area (Å²) in [6, 6.07) is 93.9. The largest absolute Gasteiger partial charge is 0.497 e. The molecule has 3 heterocycles. The summed E-state index contributed by atoms with van der Waals surface area (Å²) in [6.07, 6.45) is 0. The summed E-state index contributed by atoms with van der Waals surface area (Å²) in [5.74, 6) is -2.53. The lowest BCUT2D eigenvalue weighted by molar-refractivity contribution is 0.0682. The molecule has 19 rings (SSSR count). The minimum atomic E-state index is -0.843. The number of esters is 6. The Balaban J connectivity index is 0.803. The maximum atomic E-state index is 15.0. The van der Waals surface area contributed by atoms with Crippen LogP contribution in [-0.2, 0) is 0 Å². The molecule has 0 aliphatic rings. The number of hydrogen-bond donors (Lipinski definition) is 0. The van der Waals surface area contributed by atoms with Crippen molar-refractivity contribution in [1.82, 2.24) is 0 Å². The van der Waals surface area contributed by atoms with Crippen molar-refractivity contribution in [1.29, 1.82) is 0 Å². The molecule has 0 spiro atoms. The van der Waals surface area contributed by atoms with E-state index in [9.17, 15) is 28.8 Å². The van der Waals surface area contributed by atoms with Gasteiger partial charge in [0.15, 0.2) is 51.2 Å². The van der Waals surface area contributed by atoms with Gasteiger partial charge in [0.25, 0.3) is 0 Å². The van der Waals surface area contributed by atoms with E-state index in [0.717, 1.165) is 66.8 Å². The van der Waals surface area contributed by atoms with Crippen LogP contribution in [0.5, 0.6) is 69.0 Å². The predicted octanol–water partition coefficient (Wildman–Crippen LogP) is 24.8. The highest BCUT2D eigenvalue weighted by molar-refractivity contribution is 6.37. The molecule has 3 aromatic heterocycles. The Kier molecular flexibility index (Phi) is 21.8. The van der Waals surface area contributed by atoms with Crippen molar-refractivity contribution in [3.63, 3.8) is 0 Å². The zero-order valence-electron chi connectivity index (χ0n) is 69.8. The Bertz CT molecular complexity index is 6800. The number of hydrogen-bond acceptors (Lipinski definition) is 21. The van der Waals surface area contributed by atoms with Gasteiger partial charge in [0.1, 0.15) is 51.2 Å². The van der Waals surface area contributed by atoms with Gasteiger partial charge in [-0.25, -0.2) is 28.8 Å². The van der Waals surface area contributed by atoms with E-state index in [1.807, 2.05) is 146 Å². The number of rotatable bonds is 24. The number of furan rings is 3. The van der Waals surface area contributed by atoms with Crippen molar-refractivity contribution < 1.29 is 98.9 Å². The van der Waals surface area contributed by atoms with Crippen molar-refractivity contribution >= 4 is 102 Å². The van der Waals surface area contributed by atoms with E-state index < -0.39 is 35.8 Å². The first-order chi connectivity index (χ1) is 63.0. The lowest BCUT2D eigenvalue weighted by atomic mass is 10.0. The molecule has 0 aliphatic carbocycles. The number of carbonyl (C=O) groups excluding carboxylic acids is 6. The van der Waals surface area contributed by atoms with E-state index in [4.69, 9.17) is 70.1 Å². The number of methoxy groups -OCH3 is 6. The van der Waals surface area contributed by atoms with Crippen LogP contribution in [0, 0.1) is 0 Å². The molecule has 0 amide bonds. The summed E-state index contributed by atoms with van der Waals surface area (Å²) in [5, 5.41) is 1.26. The highest BCUT2D eigenvalue weighted by atomic mass is 16.6. The van der Waals surface area contributed by atoms with Gasteiger partial charge in [-0.1, -0.05) is 146 Å². The Labute approximate surface area is 735 Å². The molecule has 19 aromatic rings. The van der Waals surface area contributed by atoms with E-state index in [0.29, 0.717) is 34.5 Å². The Morgan fingerprint density at radius 1 is 0.178 bits per heavy atom. The summed E-state index contributed by atoms with van der Waals surface area (Å²) in [7, 11) is 9.49. The van der Waals surface area contributed by atoms with E-state index in [1.54, 1.807) is 188 Å². The molecule has 0 saturated carbocycles. The maximum Gasteiger partial charge on any atom is 0.343 e. The molecule has 21 nitrogen and oxygen atoms in total. The molecule has 0 bridgehead atoms. The maximum absolute atomic E-state index is 15.0. The minimum Gasteiger partial charge on any atom is -0.497 e.